The maximum absolute atomic E-state index is 11.9. The number of nitrogens with zero attached hydrogens (tertiary/aromatic N) is 2. The van der Waals surface area contributed by atoms with Gasteiger partial charge in [0.25, 0.3) is 0 Å². The van der Waals surface area contributed by atoms with Crippen LogP contribution in [0.4, 0.5) is 4.79 Å². The normalized spacial score (nSPS) is 22.6. The Morgan fingerprint density at radius 3 is 3.00 bits per heavy atom. The predicted molar refractivity (Wildman–Crippen MR) is 73.1 cm³/mol. The molecule has 1 aromatic carbocycles. The minimum Gasteiger partial charge on any atom is -0.450 e. The van der Waals surface area contributed by atoms with Crippen molar-refractivity contribution < 1.29 is 9.53 Å². The van der Waals surface area contributed by atoms with Gasteiger partial charge in [0.05, 0.1) is 12.6 Å². The van der Waals surface area contributed by atoms with E-state index >= 15 is 0 Å². The van der Waals surface area contributed by atoms with Crippen LogP contribution in [-0.2, 0) is 11.2 Å². The second kappa shape index (κ2) is 5.21. The summed E-state index contributed by atoms with van der Waals surface area (Å²) in [4.78, 5) is 16.2. The van der Waals surface area contributed by atoms with Crippen molar-refractivity contribution in [1.29, 1.82) is 0 Å². The van der Waals surface area contributed by atoms with Crippen LogP contribution in [0.25, 0.3) is 0 Å². The summed E-state index contributed by atoms with van der Waals surface area (Å²) in [7, 11) is 0. The molecule has 2 aliphatic heterocycles. The minimum absolute atomic E-state index is 0.176. The van der Waals surface area contributed by atoms with E-state index in [1.54, 1.807) is 0 Å². The first-order chi connectivity index (χ1) is 9.29. The summed E-state index contributed by atoms with van der Waals surface area (Å²) >= 11 is 0. The Kier molecular flexibility index (Phi) is 3.42. The second-order valence-corrected chi connectivity index (χ2v) is 5.15. The molecule has 3 rings (SSSR count). The van der Waals surface area contributed by atoms with E-state index in [9.17, 15) is 4.79 Å². The zero-order chi connectivity index (χ0) is 13.2. The van der Waals surface area contributed by atoms with Gasteiger partial charge in [0.1, 0.15) is 0 Å². The highest BCUT2D eigenvalue weighted by Crippen LogP contribution is 2.32. The van der Waals surface area contributed by atoms with E-state index in [1.165, 1.54) is 11.1 Å². The fourth-order valence-corrected chi connectivity index (χ4v) is 3.11. The van der Waals surface area contributed by atoms with E-state index in [1.807, 2.05) is 11.8 Å². The van der Waals surface area contributed by atoms with Crippen molar-refractivity contribution in [3.05, 3.63) is 35.4 Å². The van der Waals surface area contributed by atoms with Crippen LogP contribution in [0.15, 0.2) is 24.3 Å². The van der Waals surface area contributed by atoms with Crippen molar-refractivity contribution in [2.75, 3.05) is 32.8 Å². The number of ether oxygens (including phenoxy) is 1. The molecule has 1 atom stereocenters. The average molecular weight is 260 g/mol. The van der Waals surface area contributed by atoms with Crippen LogP contribution >= 0.6 is 0 Å². The molecule has 19 heavy (non-hydrogen) atoms. The van der Waals surface area contributed by atoms with Crippen molar-refractivity contribution in [3.8, 4) is 0 Å². The Balaban J connectivity index is 1.80. The molecule has 2 heterocycles. The average Bonchev–Trinajstić information content (AvgIpc) is 2.47. The molecule has 0 bridgehead atoms. The van der Waals surface area contributed by atoms with Gasteiger partial charge < -0.3 is 9.64 Å². The summed E-state index contributed by atoms with van der Waals surface area (Å²) in [6.45, 7) is 5.86. The maximum atomic E-state index is 11.9. The summed E-state index contributed by atoms with van der Waals surface area (Å²) in [5.74, 6) is 0. The molecule has 4 nitrogen and oxygen atoms in total. The van der Waals surface area contributed by atoms with Gasteiger partial charge in [-0.1, -0.05) is 24.3 Å². The highest BCUT2D eigenvalue weighted by Gasteiger charge is 2.34. The number of carbonyl (C=O) groups excluding carboxylic acids is 1. The maximum Gasteiger partial charge on any atom is 0.409 e. The van der Waals surface area contributed by atoms with Crippen LogP contribution in [0.3, 0.4) is 0 Å². The molecule has 0 aromatic heterocycles. The van der Waals surface area contributed by atoms with Crippen LogP contribution in [0.2, 0.25) is 0 Å². The smallest absolute Gasteiger partial charge is 0.409 e. The van der Waals surface area contributed by atoms with Crippen molar-refractivity contribution >= 4 is 6.09 Å². The van der Waals surface area contributed by atoms with E-state index in [-0.39, 0.29) is 6.09 Å². The molecule has 1 saturated heterocycles. The standard InChI is InChI=1S/C15H20N2O2/c1-2-19-15(18)17-10-9-16-8-7-12-5-3-4-6-13(12)14(16)11-17/h3-6,14H,2,7-11H2,1H3. The topological polar surface area (TPSA) is 32.8 Å². The quantitative estimate of drug-likeness (QED) is 0.775. The molecule has 0 saturated carbocycles. The number of benzene rings is 1. The van der Waals surface area contributed by atoms with Crippen LogP contribution in [0.1, 0.15) is 24.1 Å². The van der Waals surface area contributed by atoms with Gasteiger partial charge in [-0.05, 0) is 24.5 Å². The molecular formula is C15H20N2O2. The van der Waals surface area contributed by atoms with Crippen molar-refractivity contribution in [2.45, 2.75) is 19.4 Å². The first-order valence-corrected chi connectivity index (χ1v) is 7.03. The number of hydrogen-bond acceptors (Lipinski definition) is 3. The van der Waals surface area contributed by atoms with Gasteiger partial charge in [0, 0.05) is 26.2 Å². The zero-order valence-corrected chi connectivity index (χ0v) is 11.3. The molecule has 2 aliphatic rings. The lowest BCUT2D eigenvalue weighted by atomic mass is 9.91. The van der Waals surface area contributed by atoms with Crippen LogP contribution in [-0.4, -0.2) is 48.7 Å². The molecule has 0 N–H and O–H groups in total. The Hall–Kier alpha value is -1.55. The van der Waals surface area contributed by atoms with Gasteiger partial charge in [-0.2, -0.15) is 0 Å². The first kappa shape index (κ1) is 12.5. The van der Waals surface area contributed by atoms with Gasteiger partial charge in [0.15, 0.2) is 0 Å². The second-order valence-electron chi connectivity index (χ2n) is 5.15. The van der Waals surface area contributed by atoms with E-state index < -0.39 is 0 Å². The summed E-state index contributed by atoms with van der Waals surface area (Å²) in [5.41, 5.74) is 2.80. The summed E-state index contributed by atoms with van der Waals surface area (Å²) in [5, 5.41) is 0. The minimum atomic E-state index is -0.176. The zero-order valence-electron chi connectivity index (χ0n) is 11.3. The van der Waals surface area contributed by atoms with Gasteiger partial charge in [-0.25, -0.2) is 4.79 Å². The monoisotopic (exact) mass is 260 g/mol. The largest absolute Gasteiger partial charge is 0.450 e. The van der Waals surface area contributed by atoms with Crippen LogP contribution in [0.5, 0.6) is 0 Å². The number of rotatable bonds is 1. The van der Waals surface area contributed by atoms with Crippen LogP contribution < -0.4 is 0 Å². The Labute approximate surface area is 113 Å². The molecule has 1 amide bonds. The molecule has 0 radical (unpaired) electrons. The number of hydrogen-bond donors (Lipinski definition) is 0. The summed E-state index contributed by atoms with van der Waals surface area (Å²) in [6, 6.07) is 8.92. The van der Waals surface area contributed by atoms with Crippen molar-refractivity contribution in [3.63, 3.8) is 0 Å². The third-order valence-electron chi connectivity index (χ3n) is 4.10. The first-order valence-electron chi connectivity index (χ1n) is 7.03. The van der Waals surface area contributed by atoms with Gasteiger partial charge in [0.2, 0.25) is 0 Å². The Morgan fingerprint density at radius 1 is 1.32 bits per heavy atom. The highest BCUT2D eigenvalue weighted by molar-refractivity contribution is 5.67. The number of carbonyl (C=O) groups is 1. The van der Waals surface area contributed by atoms with Crippen molar-refractivity contribution in [2.24, 2.45) is 0 Å². The number of fused-ring (bicyclic) bond motifs is 3. The molecule has 4 heteroatoms. The Bertz CT molecular complexity index is 475. The van der Waals surface area contributed by atoms with Crippen LogP contribution in [0, 0.1) is 0 Å². The molecule has 1 aromatic rings. The van der Waals surface area contributed by atoms with Gasteiger partial charge in [-0.3, -0.25) is 4.90 Å². The third-order valence-corrected chi connectivity index (χ3v) is 4.10. The number of amides is 1. The van der Waals surface area contributed by atoms with Crippen molar-refractivity contribution in [1.82, 2.24) is 9.80 Å². The van der Waals surface area contributed by atoms with E-state index in [2.05, 4.69) is 29.2 Å². The fraction of sp³-hybridized carbons (Fsp3) is 0.533. The molecule has 102 valence electrons. The molecule has 1 unspecified atom stereocenters. The molecule has 1 fully saturated rings. The lowest BCUT2D eigenvalue weighted by Crippen LogP contribution is -2.52. The molecule has 0 aliphatic carbocycles. The predicted octanol–water partition coefficient (Wildman–Crippen LogP) is 2.06. The highest BCUT2D eigenvalue weighted by atomic mass is 16.6. The summed E-state index contributed by atoms with van der Waals surface area (Å²) < 4.78 is 5.12. The van der Waals surface area contributed by atoms with E-state index in [4.69, 9.17) is 4.74 Å². The molecule has 0 spiro atoms. The summed E-state index contributed by atoms with van der Waals surface area (Å²) in [6.07, 6.45) is 0.941. The third kappa shape index (κ3) is 2.32. The fourth-order valence-electron chi connectivity index (χ4n) is 3.11. The lowest BCUT2D eigenvalue weighted by Gasteiger charge is -2.44. The lowest BCUT2D eigenvalue weighted by molar-refractivity contribution is 0.0483. The van der Waals surface area contributed by atoms with E-state index in [0.717, 1.165) is 32.6 Å². The van der Waals surface area contributed by atoms with Gasteiger partial charge >= 0.3 is 6.09 Å². The number of piperazine rings is 1. The molecular weight excluding hydrogens is 240 g/mol. The van der Waals surface area contributed by atoms with E-state index in [0.29, 0.717) is 12.6 Å². The SMILES string of the molecule is CCOC(=O)N1CCN2CCc3ccccc3C2C1. The Morgan fingerprint density at radius 2 is 2.16 bits per heavy atom. The van der Waals surface area contributed by atoms with Gasteiger partial charge in [-0.15, -0.1) is 0 Å².